The smallest absolute Gasteiger partial charge is 0.309 e. The van der Waals surface area contributed by atoms with E-state index in [1.165, 1.54) is 40.4 Å². The number of rotatable bonds is 5. The highest BCUT2D eigenvalue weighted by atomic mass is 35.5. The summed E-state index contributed by atoms with van der Waals surface area (Å²) >= 11 is 5.80. The first-order chi connectivity index (χ1) is 12.1. The third-order valence-corrected chi connectivity index (χ3v) is 6.48. The van der Waals surface area contributed by atoms with Crippen LogP contribution in [-0.4, -0.2) is 62.8 Å². The number of carbonyl (C=O) groups is 2. The first-order valence-corrected chi connectivity index (χ1v) is 10.1. The van der Waals surface area contributed by atoms with Crippen molar-refractivity contribution in [2.24, 2.45) is 5.92 Å². The van der Waals surface area contributed by atoms with E-state index in [1.807, 2.05) is 0 Å². The molecule has 0 radical (unpaired) electrons. The van der Waals surface area contributed by atoms with Gasteiger partial charge in [0.25, 0.3) is 5.91 Å². The number of ether oxygens (including phenoxy) is 1. The lowest BCUT2D eigenvalue weighted by atomic mass is 9.98. The minimum Gasteiger partial charge on any atom is -0.452 e. The molecule has 1 amide bonds. The first kappa shape index (κ1) is 20.7. The summed E-state index contributed by atoms with van der Waals surface area (Å²) in [5.41, 5.74) is 0. The van der Waals surface area contributed by atoms with Crippen molar-refractivity contribution >= 4 is 33.5 Å². The molecule has 0 spiro atoms. The molecule has 9 heteroatoms. The lowest BCUT2D eigenvalue weighted by Gasteiger charge is -2.30. The SMILES string of the molecule is CC(OC(=O)C1CCN(S(=O)(=O)c2ccc(Cl)cc2)CC1)C(=O)N(C)C. The van der Waals surface area contributed by atoms with Gasteiger partial charge in [-0.15, -0.1) is 0 Å². The van der Waals surface area contributed by atoms with Crippen molar-refractivity contribution in [1.82, 2.24) is 9.21 Å². The Balaban J connectivity index is 1.95. The molecule has 0 N–H and O–H groups in total. The van der Waals surface area contributed by atoms with Crippen LogP contribution in [0.25, 0.3) is 0 Å². The molecule has 1 aliphatic heterocycles. The average Bonchev–Trinajstić information content (AvgIpc) is 2.61. The van der Waals surface area contributed by atoms with E-state index in [-0.39, 0.29) is 23.9 Å². The highest BCUT2D eigenvalue weighted by Gasteiger charge is 2.34. The number of hydrogen-bond acceptors (Lipinski definition) is 5. The van der Waals surface area contributed by atoms with E-state index in [2.05, 4.69) is 0 Å². The molecule has 7 nitrogen and oxygen atoms in total. The largest absolute Gasteiger partial charge is 0.452 e. The summed E-state index contributed by atoms with van der Waals surface area (Å²) in [5.74, 6) is -1.17. The van der Waals surface area contributed by atoms with Gasteiger partial charge >= 0.3 is 5.97 Å². The monoisotopic (exact) mass is 402 g/mol. The summed E-state index contributed by atoms with van der Waals surface area (Å²) in [5, 5.41) is 0.465. The number of esters is 1. The van der Waals surface area contributed by atoms with Crippen LogP contribution >= 0.6 is 11.6 Å². The lowest BCUT2D eigenvalue weighted by molar-refractivity contribution is -0.162. The second-order valence-electron chi connectivity index (χ2n) is 6.44. The van der Waals surface area contributed by atoms with Crippen molar-refractivity contribution in [2.75, 3.05) is 27.2 Å². The highest BCUT2D eigenvalue weighted by molar-refractivity contribution is 7.89. The number of sulfonamides is 1. The van der Waals surface area contributed by atoms with Crippen molar-refractivity contribution in [3.63, 3.8) is 0 Å². The van der Waals surface area contributed by atoms with Gasteiger partial charge in [0, 0.05) is 32.2 Å². The molecule has 0 aliphatic carbocycles. The second-order valence-corrected chi connectivity index (χ2v) is 8.82. The van der Waals surface area contributed by atoms with E-state index in [1.54, 1.807) is 14.1 Å². The second kappa shape index (κ2) is 8.37. The molecule has 2 rings (SSSR count). The minimum atomic E-state index is -3.61. The molecule has 1 aromatic carbocycles. The molecular weight excluding hydrogens is 380 g/mol. The number of amides is 1. The average molecular weight is 403 g/mol. The van der Waals surface area contributed by atoms with Gasteiger partial charge in [0.15, 0.2) is 6.10 Å². The summed E-state index contributed by atoms with van der Waals surface area (Å²) < 4.78 is 31.8. The topological polar surface area (TPSA) is 84.0 Å². The zero-order valence-electron chi connectivity index (χ0n) is 15.0. The Bertz CT molecular complexity index is 756. The summed E-state index contributed by atoms with van der Waals surface area (Å²) in [4.78, 5) is 25.5. The van der Waals surface area contributed by atoms with Crippen LogP contribution in [0.15, 0.2) is 29.2 Å². The Morgan fingerprint density at radius 2 is 1.73 bits per heavy atom. The Morgan fingerprint density at radius 3 is 2.23 bits per heavy atom. The third kappa shape index (κ3) is 4.75. The number of nitrogens with zero attached hydrogens (tertiary/aromatic N) is 2. The van der Waals surface area contributed by atoms with E-state index < -0.39 is 28.0 Å². The normalized spacial score (nSPS) is 17.5. The molecule has 1 aliphatic rings. The highest BCUT2D eigenvalue weighted by Crippen LogP contribution is 2.25. The predicted molar refractivity (Wildman–Crippen MR) is 97.2 cm³/mol. The van der Waals surface area contributed by atoms with Crippen LogP contribution in [-0.2, 0) is 24.3 Å². The van der Waals surface area contributed by atoms with Crippen LogP contribution in [0.2, 0.25) is 5.02 Å². The van der Waals surface area contributed by atoms with Crippen LogP contribution < -0.4 is 0 Å². The maximum Gasteiger partial charge on any atom is 0.309 e. The lowest BCUT2D eigenvalue weighted by Crippen LogP contribution is -2.42. The number of likely N-dealkylation sites (N-methyl/N-ethyl adjacent to an activating group) is 1. The van der Waals surface area contributed by atoms with Crippen molar-refractivity contribution in [3.05, 3.63) is 29.3 Å². The summed E-state index contributed by atoms with van der Waals surface area (Å²) in [6, 6.07) is 5.99. The van der Waals surface area contributed by atoms with Gasteiger partial charge in [-0.2, -0.15) is 4.31 Å². The molecular formula is C17H23ClN2O5S. The molecule has 0 bridgehead atoms. The molecule has 1 saturated heterocycles. The van der Waals surface area contributed by atoms with Gasteiger partial charge in [-0.25, -0.2) is 8.42 Å². The predicted octanol–water partition coefficient (Wildman–Crippen LogP) is 1.76. The fraction of sp³-hybridized carbons (Fsp3) is 0.529. The van der Waals surface area contributed by atoms with Crippen LogP contribution in [0.3, 0.4) is 0 Å². The number of piperidine rings is 1. The van der Waals surface area contributed by atoms with E-state index in [0.29, 0.717) is 17.9 Å². The van der Waals surface area contributed by atoms with Gasteiger partial charge in [0.2, 0.25) is 10.0 Å². The van der Waals surface area contributed by atoms with Crippen LogP contribution in [0, 0.1) is 5.92 Å². The maximum atomic E-state index is 12.6. The summed E-state index contributed by atoms with van der Waals surface area (Å²) in [6.45, 7) is 1.97. The van der Waals surface area contributed by atoms with Crippen molar-refractivity contribution in [1.29, 1.82) is 0 Å². The molecule has 0 saturated carbocycles. The Morgan fingerprint density at radius 1 is 1.19 bits per heavy atom. The van der Waals surface area contributed by atoms with Crippen molar-refractivity contribution < 1.29 is 22.7 Å². The quantitative estimate of drug-likeness (QED) is 0.701. The molecule has 0 aromatic heterocycles. The van der Waals surface area contributed by atoms with E-state index in [9.17, 15) is 18.0 Å². The number of carbonyl (C=O) groups excluding carboxylic acids is 2. The molecule has 26 heavy (non-hydrogen) atoms. The Kier molecular flexibility index (Phi) is 6.65. The van der Waals surface area contributed by atoms with Gasteiger partial charge in [0.05, 0.1) is 10.8 Å². The van der Waals surface area contributed by atoms with Crippen molar-refractivity contribution in [3.8, 4) is 0 Å². The zero-order valence-corrected chi connectivity index (χ0v) is 16.6. The van der Waals surface area contributed by atoms with Gasteiger partial charge in [-0.05, 0) is 44.0 Å². The van der Waals surface area contributed by atoms with E-state index >= 15 is 0 Å². The van der Waals surface area contributed by atoms with E-state index in [4.69, 9.17) is 16.3 Å². The standard InChI is InChI=1S/C17H23ClN2O5S/c1-12(16(21)19(2)3)25-17(22)13-8-10-20(11-9-13)26(23,24)15-6-4-14(18)5-7-15/h4-7,12-13H,8-11H2,1-3H3. The molecule has 1 unspecified atom stereocenters. The van der Waals surface area contributed by atoms with Crippen LogP contribution in [0.4, 0.5) is 0 Å². The first-order valence-electron chi connectivity index (χ1n) is 8.30. The van der Waals surface area contributed by atoms with Gasteiger partial charge in [-0.3, -0.25) is 9.59 Å². The summed E-state index contributed by atoms with van der Waals surface area (Å²) in [7, 11) is -0.434. The molecule has 1 aromatic rings. The summed E-state index contributed by atoms with van der Waals surface area (Å²) in [6.07, 6.45) is -0.142. The van der Waals surface area contributed by atoms with Crippen LogP contribution in [0.1, 0.15) is 19.8 Å². The van der Waals surface area contributed by atoms with Gasteiger partial charge in [-0.1, -0.05) is 11.6 Å². The fourth-order valence-corrected chi connectivity index (χ4v) is 4.37. The number of hydrogen-bond donors (Lipinski definition) is 0. The molecule has 144 valence electrons. The fourth-order valence-electron chi connectivity index (χ4n) is 2.77. The molecule has 1 atom stereocenters. The number of benzene rings is 1. The van der Waals surface area contributed by atoms with Crippen LogP contribution in [0.5, 0.6) is 0 Å². The van der Waals surface area contributed by atoms with Gasteiger partial charge < -0.3 is 9.64 Å². The van der Waals surface area contributed by atoms with Crippen molar-refractivity contribution in [2.45, 2.75) is 30.8 Å². The maximum absolute atomic E-state index is 12.6. The minimum absolute atomic E-state index is 0.174. The van der Waals surface area contributed by atoms with E-state index in [0.717, 1.165) is 0 Å². The Hall–Kier alpha value is -1.64. The Labute approximate surface area is 158 Å². The number of halogens is 1. The molecule has 1 heterocycles. The van der Waals surface area contributed by atoms with Gasteiger partial charge in [0.1, 0.15) is 0 Å². The zero-order chi connectivity index (χ0) is 19.5. The third-order valence-electron chi connectivity index (χ3n) is 4.32. The molecule has 1 fully saturated rings.